The predicted molar refractivity (Wildman–Crippen MR) is 151 cm³/mol. The number of aromatic nitrogens is 2. The van der Waals surface area contributed by atoms with Crippen LogP contribution >= 0.6 is 0 Å². The van der Waals surface area contributed by atoms with Crippen molar-refractivity contribution >= 4 is 11.1 Å². The molecule has 2 aromatic carbocycles. The lowest BCUT2D eigenvalue weighted by molar-refractivity contribution is 0.751. The summed E-state index contributed by atoms with van der Waals surface area (Å²) >= 11 is 0. The van der Waals surface area contributed by atoms with Crippen LogP contribution in [0.2, 0.25) is 0 Å². The number of rotatable bonds is 2. The summed E-state index contributed by atoms with van der Waals surface area (Å²) in [5.74, 6) is 1.03. The van der Waals surface area contributed by atoms with Gasteiger partial charge in [0.05, 0.1) is 0 Å². The van der Waals surface area contributed by atoms with E-state index in [1.807, 2.05) is 36.9 Å². The van der Waals surface area contributed by atoms with Crippen LogP contribution in [0, 0.1) is 39.5 Å². The first-order valence-corrected chi connectivity index (χ1v) is 13.2. The van der Waals surface area contributed by atoms with Gasteiger partial charge >= 0.3 is 0 Å². The quantitative estimate of drug-likeness (QED) is 0.294. The van der Waals surface area contributed by atoms with Gasteiger partial charge in [0.1, 0.15) is 0 Å². The number of aryl methyl sites for hydroxylation is 2. The van der Waals surface area contributed by atoms with Crippen molar-refractivity contribution in [3.8, 4) is 22.3 Å². The SMILES string of the molecule is Cc1cc(-c2cccnc2)c(C)c2c1/C(=C1\c3c(C)cc(-c4cccnc4)c(C)c3CC1C)C(C)C2. The van der Waals surface area contributed by atoms with E-state index in [4.69, 9.17) is 0 Å². The van der Waals surface area contributed by atoms with Gasteiger partial charge in [0.25, 0.3) is 0 Å². The van der Waals surface area contributed by atoms with E-state index in [0.29, 0.717) is 11.8 Å². The first-order chi connectivity index (χ1) is 17.4. The number of pyridine rings is 2. The van der Waals surface area contributed by atoms with Gasteiger partial charge in [0, 0.05) is 35.9 Å². The van der Waals surface area contributed by atoms with Gasteiger partial charge in [-0.3, -0.25) is 9.97 Å². The van der Waals surface area contributed by atoms with Crippen LogP contribution in [0.4, 0.5) is 0 Å². The van der Waals surface area contributed by atoms with Crippen LogP contribution in [0.25, 0.3) is 33.4 Å². The molecule has 0 bridgehead atoms. The van der Waals surface area contributed by atoms with Crippen molar-refractivity contribution in [1.29, 1.82) is 0 Å². The zero-order valence-electron chi connectivity index (χ0n) is 22.2. The molecule has 0 saturated heterocycles. The fourth-order valence-corrected chi connectivity index (χ4v) is 6.98. The second-order valence-corrected chi connectivity index (χ2v) is 11.0. The van der Waals surface area contributed by atoms with Gasteiger partial charge in [0.15, 0.2) is 0 Å². The highest BCUT2D eigenvalue weighted by Crippen LogP contribution is 2.53. The molecule has 0 fully saturated rings. The minimum Gasteiger partial charge on any atom is -0.264 e. The van der Waals surface area contributed by atoms with Crippen molar-refractivity contribution < 1.29 is 0 Å². The smallest absolute Gasteiger partial charge is 0.0346 e. The first kappa shape index (κ1) is 22.9. The molecule has 2 aliphatic rings. The van der Waals surface area contributed by atoms with Crippen molar-refractivity contribution in [1.82, 2.24) is 9.97 Å². The maximum atomic E-state index is 4.39. The van der Waals surface area contributed by atoms with Crippen molar-refractivity contribution in [2.24, 2.45) is 11.8 Å². The Kier molecular flexibility index (Phi) is 5.44. The number of hydrogen-bond donors (Lipinski definition) is 0. The Morgan fingerprint density at radius 3 is 1.42 bits per heavy atom. The van der Waals surface area contributed by atoms with E-state index in [1.54, 1.807) is 11.1 Å². The Balaban J connectivity index is 1.57. The van der Waals surface area contributed by atoms with Crippen molar-refractivity contribution in [2.45, 2.75) is 54.4 Å². The molecule has 0 amide bonds. The van der Waals surface area contributed by atoms with Gasteiger partial charge in [-0.15, -0.1) is 0 Å². The Morgan fingerprint density at radius 1 is 0.639 bits per heavy atom. The standard InChI is InChI=1S/C34H34N2/c1-19-13-27(25-9-7-11-35-17-25)23(5)29-15-21(3)33(31(19)29)34-22(4)16-30-24(6)28(14-20(2)32(30)34)26-10-8-12-36-18-26/h7-14,17-18,21-22H,15-16H2,1-6H3/b34-33-. The summed E-state index contributed by atoms with van der Waals surface area (Å²) in [5.41, 5.74) is 19.9. The molecule has 2 heteroatoms. The Hall–Kier alpha value is -3.52. The highest BCUT2D eigenvalue weighted by atomic mass is 14.6. The summed E-state index contributed by atoms with van der Waals surface area (Å²) in [6.45, 7) is 14.1. The third kappa shape index (κ3) is 3.38. The fraction of sp³-hybridized carbons (Fsp3) is 0.294. The van der Waals surface area contributed by atoms with Crippen LogP contribution in [-0.4, -0.2) is 9.97 Å². The van der Waals surface area contributed by atoms with Gasteiger partial charge in [-0.2, -0.15) is 0 Å². The van der Waals surface area contributed by atoms with Crippen LogP contribution < -0.4 is 0 Å². The van der Waals surface area contributed by atoms with E-state index in [2.05, 4.69) is 75.8 Å². The van der Waals surface area contributed by atoms with E-state index in [9.17, 15) is 0 Å². The second-order valence-electron chi connectivity index (χ2n) is 11.0. The molecule has 36 heavy (non-hydrogen) atoms. The summed E-state index contributed by atoms with van der Waals surface area (Å²) in [5, 5.41) is 0. The van der Waals surface area contributed by atoms with Crippen LogP contribution in [0.15, 0.2) is 61.2 Å². The molecule has 0 saturated carbocycles. The molecular formula is C34H34N2. The molecule has 2 heterocycles. The van der Waals surface area contributed by atoms with Crippen LogP contribution in [0.1, 0.15) is 58.4 Å². The maximum Gasteiger partial charge on any atom is 0.0346 e. The highest BCUT2D eigenvalue weighted by molar-refractivity contribution is 6.00. The van der Waals surface area contributed by atoms with E-state index in [1.165, 1.54) is 66.8 Å². The van der Waals surface area contributed by atoms with Gasteiger partial charge in [0.2, 0.25) is 0 Å². The molecule has 0 radical (unpaired) electrons. The summed E-state index contributed by atoms with van der Waals surface area (Å²) < 4.78 is 0. The fourth-order valence-electron chi connectivity index (χ4n) is 6.98. The molecule has 2 atom stereocenters. The lowest BCUT2D eigenvalue weighted by Gasteiger charge is -2.20. The van der Waals surface area contributed by atoms with Crippen molar-refractivity contribution in [2.75, 3.05) is 0 Å². The molecule has 6 rings (SSSR count). The Labute approximate surface area is 215 Å². The monoisotopic (exact) mass is 470 g/mol. The van der Waals surface area contributed by atoms with E-state index in [0.717, 1.165) is 12.8 Å². The minimum atomic E-state index is 0.516. The minimum absolute atomic E-state index is 0.516. The Morgan fingerprint density at radius 2 is 1.06 bits per heavy atom. The van der Waals surface area contributed by atoms with Gasteiger partial charge in [-0.1, -0.05) is 38.1 Å². The molecule has 0 spiro atoms. The van der Waals surface area contributed by atoms with Gasteiger partial charge < -0.3 is 0 Å². The summed E-state index contributed by atoms with van der Waals surface area (Å²) in [6, 6.07) is 13.2. The molecule has 2 nitrogen and oxygen atoms in total. The molecule has 180 valence electrons. The van der Waals surface area contributed by atoms with Crippen LogP contribution in [0.5, 0.6) is 0 Å². The topological polar surface area (TPSA) is 25.8 Å². The van der Waals surface area contributed by atoms with E-state index in [-0.39, 0.29) is 0 Å². The van der Waals surface area contributed by atoms with E-state index >= 15 is 0 Å². The summed E-state index contributed by atoms with van der Waals surface area (Å²) in [4.78, 5) is 8.77. The molecule has 0 N–H and O–H groups in total. The molecule has 2 unspecified atom stereocenters. The predicted octanol–water partition coefficient (Wildman–Crippen LogP) is 8.34. The molecule has 2 aromatic heterocycles. The average molecular weight is 471 g/mol. The van der Waals surface area contributed by atoms with Gasteiger partial charge in [-0.25, -0.2) is 0 Å². The maximum absolute atomic E-state index is 4.39. The number of allylic oxidation sites excluding steroid dienone is 2. The second kappa shape index (κ2) is 8.55. The average Bonchev–Trinajstić information content (AvgIpc) is 3.41. The van der Waals surface area contributed by atoms with Crippen molar-refractivity contribution in [3.63, 3.8) is 0 Å². The lowest BCUT2D eigenvalue weighted by Crippen LogP contribution is -2.02. The number of nitrogens with zero attached hydrogens (tertiary/aromatic N) is 2. The zero-order valence-corrected chi connectivity index (χ0v) is 22.2. The van der Waals surface area contributed by atoms with Crippen LogP contribution in [-0.2, 0) is 12.8 Å². The third-order valence-electron chi connectivity index (χ3n) is 8.61. The van der Waals surface area contributed by atoms with E-state index < -0.39 is 0 Å². The lowest BCUT2D eigenvalue weighted by atomic mass is 9.84. The number of benzene rings is 2. The summed E-state index contributed by atoms with van der Waals surface area (Å²) in [7, 11) is 0. The number of hydrogen-bond acceptors (Lipinski definition) is 2. The van der Waals surface area contributed by atoms with Gasteiger partial charge in [-0.05, 0) is 131 Å². The highest BCUT2D eigenvalue weighted by Gasteiger charge is 2.36. The normalized spacial score (nSPS) is 20.5. The third-order valence-corrected chi connectivity index (χ3v) is 8.61. The summed E-state index contributed by atoms with van der Waals surface area (Å²) in [6.07, 6.45) is 9.92. The molecule has 2 aliphatic carbocycles. The zero-order chi connectivity index (χ0) is 25.1. The largest absolute Gasteiger partial charge is 0.264 e. The van der Waals surface area contributed by atoms with Crippen LogP contribution in [0.3, 0.4) is 0 Å². The molecular weight excluding hydrogens is 436 g/mol. The molecule has 4 aromatic rings. The van der Waals surface area contributed by atoms with Crippen molar-refractivity contribution in [3.05, 3.63) is 106 Å². The number of fused-ring (bicyclic) bond motifs is 2. The molecule has 0 aliphatic heterocycles. The first-order valence-electron chi connectivity index (χ1n) is 13.2. The Bertz CT molecular complexity index is 1410.